The van der Waals surface area contributed by atoms with Gasteiger partial charge in [0.2, 0.25) is 0 Å². The van der Waals surface area contributed by atoms with Gasteiger partial charge < -0.3 is 9.47 Å². The predicted molar refractivity (Wildman–Crippen MR) is 85.3 cm³/mol. The van der Waals surface area contributed by atoms with Gasteiger partial charge in [-0.3, -0.25) is 15.8 Å². The molecule has 0 amide bonds. The number of nitrogens with two attached hydrogens (primary N) is 1. The van der Waals surface area contributed by atoms with Crippen molar-refractivity contribution in [3.05, 3.63) is 0 Å². The Morgan fingerprint density at radius 3 is 2.70 bits per heavy atom. The first kappa shape index (κ1) is 18.6. The van der Waals surface area contributed by atoms with Gasteiger partial charge in [0.15, 0.2) is 5.60 Å². The smallest absolute Gasteiger partial charge is 0.315 e. The van der Waals surface area contributed by atoms with E-state index in [4.69, 9.17) is 20.1 Å². The molecular weight excluding hydrogens is 298 g/mol. The minimum Gasteiger partial charge on any atom is -0.415 e. The Morgan fingerprint density at radius 2 is 2.13 bits per heavy atom. The Balaban J connectivity index is 2.47. The lowest BCUT2D eigenvalue weighted by Crippen LogP contribution is -2.76. The summed E-state index contributed by atoms with van der Waals surface area (Å²) < 4.78 is 11.4. The molecule has 2 aliphatic rings. The van der Waals surface area contributed by atoms with Gasteiger partial charge in [0.1, 0.15) is 0 Å². The van der Waals surface area contributed by atoms with E-state index < -0.39 is 16.9 Å². The highest BCUT2D eigenvalue weighted by atomic mass is 17.1. The van der Waals surface area contributed by atoms with Crippen LogP contribution in [0.5, 0.6) is 0 Å². The van der Waals surface area contributed by atoms with E-state index in [0.717, 1.165) is 32.1 Å². The topological polar surface area (TPSA) is 91.0 Å². The summed E-state index contributed by atoms with van der Waals surface area (Å²) in [6.07, 6.45) is 5.41. The number of carbonyl (C=O) groups is 1. The van der Waals surface area contributed by atoms with Crippen molar-refractivity contribution in [3.63, 3.8) is 0 Å². The van der Waals surface area contributed by atoms with Crippen LogP contribution in [-0.2, 0) is 19.2 Å². The van der Waals surface area contributed by atoms with Crippen LogP contribution in [0.25, 0.3) is 0 Å². The number of unbranched alkanes of at least 4 members (excludes halogenated alkanes) is 1. The first-order valence-corrected chi connectivity index (χ1v) is 8.78. The fourth-order valence-corrected chi connectivity index (χ4v) is 4.34. The predicted octanol–water partition coefficient (Wildman–Crippen LogP) is 3.20. The van der Waals surface area contributed by atoms with E-state index in [1.165, 1.54) is 0 Å². The Labute approximate surface area is 138 Å². The van der Waals surface area contributed by atoms with Gasteiger partial charge in [-0.05, 0) is 40.0 Å². The van der Waals surface area contributed by atoms with Gasteiger partial charge >= 0.3 is 11.9 Å². The molecule has 1 heterocycles. The van der Waals surface area contributed by atoms with E-state index in [-0.39, 0.29) is 18.0 Å². The van der Waals surface area contributed by atoms with Crippen molar-refractivity contribution >= 4 is 5.97 Å². The number of rotatable bonds is 6. The summed E-state index contributed by atoms with van der Waals surface area (Å²) in [5, 5.41) is 9.82. The van der Waals surface area contributed by atoms with Crippen molar-refractivity contribution in [2.75, 3.05) is 0 Å². The molecule has 4 atom stereocenters. The molecule has 2 rings (SSSR count). The summed E-state index contributed by atoms with van der Waals surface area (Å²) in [4.78, 5) is 17.8. The van der Waals surface area contributed by atoms with E-state index in [1.54, 1.807) is 0 Å². The summed E-state index contributed by atoms with van der Waals surface area (Å²) >= 11 is 0. The molecule has 1 saturated carbocycles. The number of carbonyl (C=O) groups excluding carboxylic acids is 1. The Morgan fingerprint density at radius 1 is 1.43 bits per heavy atom. The molecule has 3 N–H and O–H groups in total. The van der Waals surface area contributed by atoms with Crippen LogP contribution in [0.3, 0.4) is 0 Å². The lowest BCUT2D eigenvalue weighted by atomic mass is 9.57. The number of hydrogen-bond donors (Lipinski definition) is 2. The van der Waals surface area contributed by atoms with Crippen LogP contribution in [0, 0.1) is 11.3 Å². The third-order valence-corrected chi connectivity index (χ3v) is 5.55. The zero-order valence-electron chi connectivity index (χ0n) is 14.8. The van der Waals surface area contributed by atoms with E-state index in [9.17, 15) is 10.1 Å². The molecule has 1 aliphatic carbocycles. The van der Waals surface area contributed by atoms with Gasteiger partial charge in [0, 0.05) is 5.92 Å². The number of esters is 1. The van der Waals surface area contributed by atoms with Crippen LogP contribution in [0.15, 0.2) is 0 Å². The molecule has 0 bridgehead atoms. The molecule has 134 valence electrons. The standard InChI is InChI=1S/C17H31NO5/c1-5-6-10-15(4)13-9-7-8-11-16(13,23-20)17(18,21-12(2)3)22-14(15)19/h12-13,20H,5-11,18H2,1-4H3/t13?,15?,16-,17?/m1/s1. The van der Waals surface area contributed by atoms with Crippen molar-refractivity contribution in [1.29, 1.82) is 0 Å². The highest BCUT2D eigenvalue weighted by Crippen LogP contribution is 2.57. The second kappa shape index (κ2) is 6.67. The van der Waals surface area contributed by atoms with Crippen LogP contribution >= 0.6 is 0 Å². The van der Waals surface area contributed by atoms with Crippen molar-refractivity contribution in [2.24, 2.45) is 17.1 Å². The first-order chi connectivity index (χ1) is 10.8. The van der Waals surface area contributed by atoms with Crippen LogP contribution in [0.4, 0.5) is 0 Å². The fraction of sp³-hybridized carbons (Fsp3) is 0.941. The van der Waals surface area contributed by atoms with Crippen molar-refractivity contribution in [1.82, 2.24) is 0 Å². The van der Waals surface area contributed by atoms with Gasteiger partial charge in [-0.1, -0.05) is 32.6 Å². The van der Waals surface area contributed by atoms with Crippen molar-refractivity contribution < 1.29 is 24.4 Å². The first-order valence-electron chi connectivity index (χ1n) is 8.78. The molecule has 3 unspecified atom stereocenters. The van der Waals surface area contributed by atoms with Gasteiger partial charge in [-0.25, -0.2) is 4.89 Å². The van der Waals surface area contributed by atoms with Gasteiger partial charge in [-0.15, -0.1) is 0 Å². The van der Waals surface area contributed by atoms with Gasteiger partial charge in [-0.2, -0.15) is 0 Å². The molecule has 0 aromatic carbocycles. The Bertz CT molecular complexity index is 443. The maximum absolute atomic E-state index is 12.8. The second-order valence-corrected chi connectivity index (χ2v) is 7.52. The SMILES string of the molecule is CCCCC1(C)C(=O)OC(N)(OC(C)C)[C@@]2(OO)CCCCC12. The summed E-state index contributed by atoms with van der Waals surface area (Å²) in [6.45, 7) is 7.62. The molecular formula is C17H31NO5. The van der Waals surface area contributed by atoms with E-state index in [2.05, 4.69) is 6.92 Å². The maximum Gasteiger partial charge on any atom is 0.315 e. The van der Waals surface area contributed by atoms with Crippen LogP contribution in [0.1, 0.15) is 72.6 Å². The average molecular weight is 329 g/mol. The Kier molecular flexibility index (Phi) is 5.41. The molecule has 1 saturated heterocycles. The molecule has 0 aromatic heterocycles. The van der Waals surface area contributed by atoms with Crippen LogP contribution < -0.4 is 5.73 Å². The average Bonchev–Trinajstić information content (AvgIpc) is 2.50. The third kappa shape index (κ3) is 2.90. The van der Waals surface area contributed by atoms with Crippen LogP contribution in [0.2, 0.25) is 0 Å². The minimum atomic E-state index is -1.76. The maximum atomic E-state index is 12.8. The number of hydrogen-bond acceptors (Lipinski definition) is 6. The van der Waals surface area contributed by atoms with Gasteiger partial charge in [0.25, 0.3) is 0 Å². The highest BCUT2D eigenvalue weighted by Gasteiger charge is 2.71. The summed E-state index contributed by atoms with van der Waals surface area (Å²) in [5.41, 5.74) is 4.41. The lowest BCUT2D eigenvalue weighted by Gasteiger charge is -2.58. The third-order valence-electron chi connectivity index (χ3n) is 5.55. The summed E-state index contributed by atoms with van der Waals surface area (Å²) in [5.74, 6) is -2.34. The van der Waals surface area contributed by atoms with Gasteiger partial charge in [0.05, 0.1) is 11.5 Å². The molecule has 23 heavy (non-hydrogen) atoms. The van der Waals surface area contributed by atoms with E-state index in [1.807, 2.05) is 20.8 Å². The molecule has 6 nitrogen and oxygen atoms in total. The van der Waals surface area contributed by atoms with E-state index in [0.29, 0.717) is 12.8 Å². The highest BCUT2D eigenvalue weighted by molar-refractivity contribution is 5.78. The van der Waals surface area contributed by atoms with Crippen LogP contribution in [-0.4, -0.2) is 28.8 Å². The summed E-state index contributed by atoms with van der Waals surface area (Å²) in [7, 11) is 0. The zero-order chi connectivity index (χ0) is 17.3. The molecule has 0 aromatic rings. The number of fused-ring (bicyclic) bond motifs is 1. The lowest BCUT2D eigenvalue weighted by molar-refractivity contribution is -0.453. The largest absolute Gasteiger partial charge is 0.415 e. The van der Waals surface area contributed by atoms with Crippen molar-refractivity contribution in [3.8, 4) is 0 Å². The molecule has 0 radical (unpaired) electrons. The number of ether oxygens (including phenoxy) is 2. The summed E-state index contributed by atoms with van der Waals surface area (Å²) in [6, 6.07) is 0. The quantitative estimate of drug-likeness (QED) is 0.336. The second-order valence-electron chi connectivity index (χ2n) is 7.52. The molecule has 1 aliphatic heterocycles. The monoisotopic (exact) mass is 329 g/mol. The normalized spacial score (nSPS) is 40.8. The molecule has 6 heteroatoms. The van der Waals surface area contributed by atoms with E-state index >= 15 is 0 Å². The van der Waals surface area contributed by atoms with Crippen molar-refractivity contribution in [2.45, 2.75) is 90.3 Å². The molecule has 2 fully saturated rings. The molecule has 0 spiro atoms. The number of cyclic esters (lactones) is 1. The minimum absolute atomic E-state index is 0.231. The Hall–Kier alpha value is -0.690. The zero-order valence-corrected chi connectivity index (χ0v) is 14.8. The fourth-order valence-electron chi connectivity index (χ4n) is 4.34.